The molecular weight excluding hydrogens is 240 g/mol. The Balaban J connectivity index is 2.00. The van der Waals surface area contributed by atoms with E-state index in [2.05, 4.69) is 25.1 Å². The van der Waals surface area contributed by atoms with Crippen LogP contribution in [0.4, 0.5) is 0 Å². The predicted molar refractivity (Wildman–Crippen MR) is 75.7 cm³/mol. The Hall–Kier alpha value is -1.71. The normalized spacial score (nSPS) is 17.5. The van der Waals surface area contributed by atoms with Gasteiger partial charge in [0.1, 0.15) is 11.6 Å². The molecule has 4 heteroatoms. The molecule has 0 saturated heterocycles. The Morgan fingerprint density at radius 2 is 2.11 bits per heavy atom. The first-order valence-electron chi connectivity index (χ1n) is 6.74. The molecule has 19 heavy (non-hydrogen) atoms. The van der Waals surface area contributed by atoms with Crippen molar-refractivity contribution in [3.8, 4) is 5.75 Å². The first-order chi connectivity index (χ1) is 9.06. The maximum absolute atomic E-state index is 8.65. The van der Waals surface area contributed by atoms with E-state index in [-0.39, 0.29) is 5.41 Å². The van der Waals surface area contributed by atoms with Gasteiger partial charge in [-0.1, -0.05) is 37.2 Å². The van der Waals surface area contributed by atoms with Crippen molar-refractivity contribution in [1.82, 2.24) is 0 Å². The van der Waals surface area contributed by atoms with Gasteiger partial charge in [-0.05, 0) is 30.4 Å². The zero-order chi connectivity index (χ0) is 13.9. The lowest BCUT2D eigenvalue weighted by Gasteiger charge is -2.18. The van der Waals surface area contributed by atoms with Crippen LogP contribution in [0.25, 0.3) is 0 Å². The minimum Gasteiger partial charge on any atom is -0.493 e. The van der Waals surface area contributed by atoms with Gasteiger partial charge in [-0.2, -0.15) is 0 Å². The van der Waals surface area contributed by atoms with Crippen molar-refractivity contribution in [3.05, 3.63) is 29.8 Å². The summed E-state index contributed by atoms with van der Waals surface area (Å²) in [6.45, 7) is 4.95. The predicted octanol–water partition coefficient (Wildman–Crippen LogP) is 3.11. The Kier molecular flexibility index (Phi) is 3.98. The van der Waals surface area contributed by atoms with Crippen LogP contribution in [0.1, 0.15) is 44.6 Å². The van der Waals surface area contributed by atoms with Gasteiger partial charge in [0.25, 0.3) is 0 Å². The van der Waals surface area contributed by atoms with Crippen molar-refractivity contribution >= 4 is 5.84 Å². The number of amidine groups is 1. The van der Waals surface area contributed by atoms with Gasteiger partial charge in [0.15, 0.2) is 0 Å². The molecule has 4 nitrogen and oxygen atoms in total. The van der Waals surface area contributed by atoms with Crippen LogP contribution in [0.15, 0.2) is 29.4 Å². The van der Waals surface area contributed by atoms with Crippen LogP contribution in [0.5, 0.6) is 5.75 Å². The van der Waals surface area contributed by atoms with Crippen LogP contribution in [0, 0.1) is 5.41 Å². The van der Waals surface area contributed by atoms with Crippen molar-refractivity contribution in [1.29, 1.82) is 0 Å². The average Bonchev–Trinajstić information content (AvgIpc) is 3.16. The lowest BCUT2D eigenvalue weighted by atomic mass is 10.0. The summed E-state index contributed by atoms with van der Waals surface area (Å²) in [7, 11) is 0. The van der Waals surface area contributed by atoms with Crippen molar-refractivity contribution in [2.75, 3.05) is 6.61 Å². The second-order valence-corrected chi connectivity index (χ2v) is 5.75. The van der Waals surface area contributed by atoms with Gasteiger partial charge in [0, 0.05) is 11.8 Å². The molecule has 0 unspecified atom stereocenters. The summed E-state index contributed by atoms with van der Waals surface area (Å²) < 4.78 is 5.98. The molecule has 1 aliphatic rings. The highest BCUT2D eigenvalue weighted by atomic mass is 16.5. The molecule has 2 rings (SSSR count). The monoisotopic (exact) mass is 262 g/mol. The molecule has 0 bridgehead atoms. The fourth-order valence-corrected chi connectivity index (χ4v) is 2.29. The van der Waals surface area contributed by atoms with Crippen molar-refractivity contribution < 1.29 is 9.94 Å². The first-order valence-corrected chi connectivity index (χ1v) is 6.74. The number of rotatable bonds is 6. The number of nitrogens with zero attached hydrogens (tertiary/aromatic N) is 1. The topological polar surface area (TPSA) is 67.8 Å². The Bertz CT molecular complexity index is 465. The van der Waals surface area contributed by atoms with Crippen molar-refractivity contribution in [3.63, 3.8) is 0 Å². The number of benzene rings is 1. The molecule has 1 aliphatic carbocycles. The van der Waals surface area contributed by atoms with Crippen LogP contribution in [0.3, 0.4) is 0 Å². The molecule has 0 aliphatic heterocycles. The average molecular weight is 262 g/mol. The molecule has 104 valence electrons. The Morgan fingerprint density at radius 3 is 2.68 bits per heavy atom. The third-order valence-corrected chi connectivity index (χ3v) is 3.72. The third-order valence-electron chi connectivity index (χ3n) is 3.72. The van der Waals surface area contributed by atoms with Gasteiger partial charge in [-0.15, -0.1) is 0 Å². The Morgan fingerprint density at radius 1 is 1.42 bits per heavy atom. The molecule has 0 atom stereocenters. The van der Waals surface area contributed by atoms with E-state index < -0.39 is 0 Å². The summed E-state index contributed by atoms with van der Waals surface area (Å²) in [5.41, 5.74) is 6.88. The molecule has 1 fully saturated rings. The number of hydrogen-bond acceptors (Lipinski definition) is 3. The molecule has 0 spiro atoms. The standard InChI is InChI=1S/C15H22N2O2/c1-11(2)12-5-3-4-6-13(12)19-10-15(7-8-15)9-14(16)17-18/h3-6,11,18H,7-10H2,1-2H3,(H2,16,17). The maximum atomic E-state index is 8.65. The zero-order valence-electron chi connectivity index (χ0n) is 11.6. The van der Waals surface area contributed by atoms with Crippen molar-refractivity contribution in [2.45, 2.75) is 39.0 Å². The third kappa shape index (κ3) is 3.40. The quantitative estimate of drug-likeness (QED) is 0.358. The van der Waals surface area contributed by atoms with Gasteiger partial charge in [-0.3, -0.25) is 0 Å². The molecule has 3 N–H and O–H groups in total. The van der Waals surface area contributed by atoms with Crippen LogP contribution >= 0.6 is 0 Å². The van der Waals surface area contributed by atoms with Gasteiger partial charge >= 0.3 is 0 Å². The summed E-state index contributed by atoms with van der Waals surface area (Å²) in [6.07, 6.45) is 2.76. The molecule has 1 aromatic rings. The molecule has 1 aromatic carbocycles. The minimum absolute atomic E-state index is 0.0698. The van der Waals surface area contributed by atoms with E-state index in [0.29, 0.717) is 24.8 Å². The summed E-state index contributed by atoms with van der Waals surface area (Å²) in [5.74, 6) is 1.68. The second-order valence-electron chi connectivity index (χ2n) is 5.75. The Labute approximate surface area is 114 Å². The van der Waals surface area contributed by atoms with Gasteiger partial charge < -0.3 is 15.7 Å². The molecule has 1 saturated carbocycles. The first kappa shape index (κ1) is 13.7. The fraction of sp³-hybridized carbons (Fsp3) is 0.533. The van der Waals surface area contributed by atoms with E-state index in [1.165, 1.54) is 5.56 Å². The lowest BCUT2D eigenvalue weighted by molar-refractivity contribution is 0.233. The summed E-state index contributed by atoms with van der Waals surface area (Å²) in [4.78, 5) is 0. The summed E-state index contributed by atoms with van der Waals surface area (Å²) >= 11 is 0. The lowest BCUT2D eigenvalue weighted by Crippen LogP contribution is -2.23. The summed E-state index contributed by atoms with van der Waals surface area (Å²) in [5, 5.41) is 11.7. The van der Waals surface area contributed by atoms with Crippen molar-refractivity contribution in [2.24, 2.45) is 16.3 Å². The highest BCUT2D eigenvalue weighted by molar-refractivity contribution is 5.80. The molecular formula is C15H22N2O2. The van der Waals surface area contributed by atoms with E-state index >= 15 is 0 Å². The van der Waals surface area contributed by atoms with E-state index in [0.717, 1.165) is 18.6 Å². The molecule has 0 radical (unpaired) electrons. The second kappa shape index (κ2) is 5.51. The van der Waals surface area contributed by atoms with Crippen LogP contribution in [0.2, 0.25) is 0 Å². The molecule has 0 amide bonds. The number of para-hydroxylation sites is 1. The van der Waals surface area contributed by atoms with E-state index in [1.807, 2.05) is 18.2 Å². The molecule has 0 heterocycles. The number of oxime groups is 1. The SMILES string of the molecule is CC(C)c1ccccc1OCC1(CC(N)=NO)CC1. The highest BCUT2D eigenvalue weighted by Crippen LogP contribution is 2.49. The number of hydrogen-bond donors (Lipinski definition) is 2. The zero-order valence-corrected chi connectivity index (χ0v) is 11.6. The smallest absolute Gasteiger partial charge is 0.139 e. The number of nitrogens with two attached hydrogens (primary N) is 1. The van der Waals surface area contributed by atoms with Crippen LogP contribution in [-0.4, -0.2) is 17.6 Å². The van der Waals surface area contributed by atoms with E-state index in [9.17, 15) is 0 Å². The van der Waals surface area contributed by atoms with Gasteiger partial charge in [0.2, 0.25) is 0 Å². The largest absolute Gasteiger partial charge is 0.493 e. The van der Waals surface area contributed by atoms with Gasteiger partial charge in [0.05, 0.1) is 6.61 Å². The van der Waals surface area contributed by atoms with Crippen LogP contribution < -0.4 is 10.5 Å². The number of ether oxygens (including phenoxy) is 1. The van der Waals surface area contributed by atoms with E-state index in [4.69, 9.17) is 15.7 Å². The highest BCUT2D eigenvalue weighted by Gasteiger charge is 2.44. The van der Waals surface area contributed by atoms with Gasteiger partial charge in [-0.25, -0.2) is 0 Å². The fourth-order valence-electron chi connectivity index (χ4n) is 2.29. The van der Waals surface area contributed by atoms with Crippen LogP contribution in [-0.2, 0) is 0 Å². The molecule has 0 aromatic heterocycles. The minimum atomic E-state index is 0.0698. The van der Waals surface area contributed by atoms with E-state index in [1.54, 1.807) is 0 Å². The maximum Gasteiger partial charge on any atom is 0.139 e. The summed E-state index contributed by atoms with van der Waals surface area (Å²) in [6, 6.07) is 8.13.